The zero-order valence-corrected chi connectivity index (χ0v) is 11.8. The quantitative estimate of drug-likeness (QED) is 0.448. The topological polar surface area (TPSA) is 48.4 Å². The Balaban J connectivity index is 3.26. The van der Waals surface area contributed by atoms with Gasteiger partial charge in [0.05, 0.1) is 10.7 Å². The van der Waals surface area contributed by atoms with Crippen LogP contribution in [0.1, 0.15) is 16.1 Å². The summed E-state index contributed by atoms with van der Waals surface area (Å²) in [5, 5.41) is 0. The standard InChI is InChI=1S/C9H6ClF3INO3/c1-17-8(16)7-6(14)4(3-10)2-5(15-7)18-9(11,12)13/h2H,3H2,1H3. The number of aromatic nitrogens is 1. The third-order valence-corrected chi connectivity index (χ3v) is 3.24. The fourth-order valence-corrected chi connectivity index (χ4v) is 2.18. The summed E-state index contributed by atoms with van der Waals surface area (Å²) in [6.45, 7) is 0. The molecule has 0 saturated heterocycles. The Kier molecular flexibility index (Phi) is 5.02. The number of hydrogen-bond donors (Lipinski definition) is 0. The average Bonchev–Trinajstić information content (AvgIpc) is 2.28. The maximum atomic E-state index is 12.1. The van der Waals surface area contributed by atoms with Crippen LogP contribution in [-0.4, -0.2) is 24.4 Å². The number of ether oxygens (including phenoxy) is 2. The number of hydrogen-bond acceptors (Lipinski definition) is 4. The summed E-state index contributed by atoms with van der Waals surface area (Å²) in [6.07, 6.45) is -4.89. The van der Waals surface area contributed by atoms with Gasteiger partial charge in [-0.15, -0.1) is 24.8 Å². The lowest BCUT2D eigenvalue weighted by atomic mass is 10.2. The zero-order valence-electron chi connectivity index (χ0n) is 8.85. The highest BCUT2D eigenvalue weighted by molar-refractivity contribution is 14.1. The van der Waals surface area contributed by atoms with Crippen LogP contribution in [0.15, 0.2) is 6.07 Å². The molecule has 0 aromatic carbocycles. The molecule has 0 saturated carbocycles. The molecule has 18 heavy (non-hydrogen) atoms. The molecule has 1 aromatic rings. The molecule has 0 fully saturated rings. The van der Waals surface area contributed by atoms with E-state index in [1.54, 1.807) is 22.6 Å². The number of pyridine rings is 1. The van der Waals surface area contributed by atoms with E-state index in [1.807, 2.05) is 0 Å². The van der Waals surface area contributed by atoms with Crippen molar-refractivity contribution in [3.8, 4) is 5.88 Å². The van der Waals surface area contributed by atoms with Crippen LogP contribution in [0.4, 0.5) is 13.2 Å². The third-order valence-electron chi connectivity index (χ3n) is 1.75. The van der Waals surface area contributed by atoms with E-state index < -0.39 is 18.2 Å². The maximum absolute atomic E-state index is 12.1. The second-order valence-corrected chi connectivity index (χ2v) is 4.30. The Hall–Kier alpha value is -0.770. The van der Waals surface area contributed by atoms with Crippen molar-refractivity contribution in [3.05, 3.63) is 20.9 Å². The molecule has 0 N–H and O–H groups in total. The van der Waals surface area contributed by atoms with Gasteiger partial charge >= 0.3 is 12.3 Å². The predicted octanol–water partition coefficient (Wildman–Crippen LogP) is 3.11. The van der Waals surface area contributed by atoms with Gasteiger partial charge in [-0.05, 0) is 28.2 Å². The largest absolute Gasteiger partial charge is 0.574 e. The van der Waals surface area contributed by atoms with Crippen LogP contribution in [0, 0.1) is 3.57 Å². The van der Waals surface area contributed by atoms with Gasteiger partial charge in [0.15, 0.2) is 5.69 Å². The van der Waals surface area contributed by atoms with Crippen molar-refractivity contribution in [2.75, 3.05) is 7.11 Å². The van der Waals surface area contributed by atoms with Crippen molar-refractivity contribution in [1.82, 2.24) is 4.98 Å². The number of halogens is 5. The number of methoxy groups -OCH3 is 1. The highest BCUT2D eigenvalue weighted by Gasteiger charge is 2.32. The van der Waals surface area contributed by atoms with Gasteiger partial charge in [0.2, 0.25) is 5.88 Å². The van der Waals surface area contributed by atoms with Crippen LogP contribution in [0.5, 0.6) is 5.88 Å². The number of esters is 1. The number of carbonyl (C=O) groups excluding carboxylic acids is 1. The first-order chi connectivity index (χ1) is 8.28. The molecule has 1 heterocycles. The highest BCUT2D eigenvalue weighted by atomic mass is 127. The first-order valence-electron chi connectivity index (χ1n) is 4.38. The smallest absolute Gasteiger partial charge is 0.464 e. The molecule has 0 atom stereocenters. The second-order valence-electron chi connectivity index (χ2n) is 2.96. The van der Waals surface area contributed by atoms with Crippen LogP contribution in [0.3, 0.4) is 0 Å². The van der Waals surface area contributed by atoms with E-state index in [1.165, 1.54) is 0 Å². The highest BCUT2D eigenvalue weighted by Crippen LogP contribution is 2.27. The lowest BCUT2D eigenvalue weighted by Crippen LogP contribution is -2.19. The van der Waals surface area contributed by atoms with E-state index in [9.17, 15) is 18.0 Å². The molecule has 100 valence electrons. The first kappa shape index (κ1) is 15.3. The number of nitrogens with zero attached hydrogens (tertiary/aromatic N) is 1. The molecule has 9 heteroatoms. The molecule has 0 bridgehead atoms. The van der Waals surface area contributed by atoms with Crippen molar-refractivity contribution < 1.29 is 27.4 Å². The van der Waals surface area contributed by atoms with Crippen molar-refractivity contribution in [2.45, 2.75) is 12.2 Å². The van der Waals surface area contributed by atoms with Gasteiger partial charge in [-0.3, -0.25) is 0 Å². The Morgan fingerprint density at radius 1 is 1.56 bits per heavy atom. The molecular weight excluding hydrogens is 389 g/mol. The van der Waals surface area contributed by atoms with E-state index in [-0.39, 0.29) is 11.6 Å². The van der Waals surface area contributed by atoms with Gasteiger partial charge in [-0.2, -0.15) is 0 Å². The van der Waals surface area contributed by atoms with Crippen LogP contribution >= 0.6 is 34.2 Å². The molecule has 0 aliphatic heterocycles. The molecule has 0 aliphatic carbocycles. The average molecular weight is 396 g/mol. The summed E-state index contributed by atoms with van der Waals surface area (Å²) in [5.41, 5.74) is 0.0300. The minimum atomic E-state index is -4.89. The lowest BCUT2D eigenvalue weighted by Gasteiger charge is -2.12. The van der Waals surface area contributed by atoms with Gasteiger partial charge in [0, 0.05) is 11.9 Å². The minimum absolute atomic E-state index is 0.0843. The fraction of sp³-hybridized carbons (Fsp3) is 0.333. The summed E-state index contributed by atoms with van der Waals surface area (Å²) in [5.74, 6) is -1.70. The molecule has 0 spiro atoms. The molecule has 1 aromatic heterocycles. The number of carbonyl (C=O) groups is 1. The van der Waals surface area contributed by atoms with E-state index in [0.29, 0.717) is 9.13 Å². The van der Waals surface area contributed by atoms with Crippen LogP contribution in [-0.2, 0) is 10.6 Å². The Labute approximate surface area is 119 Å². The first-order valence-corrected chi connectivity index (χ1v) is 5.99. The molecule has 0 radical (unpaired) electrons. The summed E-state index contributed by atoms with van der Waals surface area (Å²) in [7, 11) is 1.09. The fourth-order valence-electron chi connectivity index (χ4n) is 1.06. The SMILES string of the molecule is COC(=O)c1nc(OC(F)(F)F)cc(CCl)c1I. The van der Waals surface area contributed by atoms with E-state index in [0.717, 1.165) is 13.2 Å². The predicted molar refractivity (Wildman–Crippen MR) is 64.5 cm³/mol. The van der Waals surface area contributed by atoms with Crippen molar-refractivity contribution in [3.63, 3.8) is 0 Å². The van der Waals surface area contributed by atoms with Gasteiger partial charge in [0.25, 0.3) is 0 Å². The van der Waals surface area contributed by atoms with Gasteiger partial charge in [0.1, 0.15) is 0 Å². The number of rotatable bonds is 3. The van der Waals surface area contributed by atoms with Gasteiger partial charge < -0.3 is 9.47 Å². The minimum Gasteiger partial charge on any atom is -0.464 e. The van der Waals surface area contributed by atoms with Gasteiger partial charge in [-0.1, -0.05) is 0 Å². The lowest BCUT2D eigenvalue weighted by molar-refractivity contribution is -0.276. The normalized spacial score (nSPS) is 11.2. The molecular formula is C9H6ClF3INO3. The van der Waals surface area contributed by atoms with Crippen LogP contribution < -0.4 is 4.74 Å². The van der Waals surface area contributed by atoms with E-state index in [4.69, 9.17) is 11.6 Å². The molecule has 0 unspecified atom stereocenters. The van der Waals surface area contributed by atoms with Crippen molar-refractivity contribution in [2.24, 2.45) is 0 Å². The molecule has 0 aliphatic rings. The third kappa shape index (κ3) is 3.87. The Morgan fingerprint density at radius 2 is 2.17 bits per heavy atom. The van der Waals surface area contributed by atoms with E-state index in [2.05, 4.69) is 14.5 Å². The van der Waals surface area contributed by atoms with Crippen LogP contribution in [0.25, 0.3) is 0 Å². The molecule has 4 nitrogen and oxygen atoms in total. The summed E-state index contributed by atoms with van der Waals surface area (Å²) in [4.78, 5) is 14.8. The molecule has 0 amide bonds. The maximum Gasteiger partial charge on any atom is 0.574 e. The summed E-state index contributed by atoms with van der Waals surface area (Å²) in [6, 6.07) is 1.02. The van der Waals surface area contributed by atoms with Crippen LogP contribution in [0.2, 0.25) is 0 Å². The Bertz CT molecular complexity index is 467. The summed E-state index contributed by atoms with van der Waals surface area (Å²) >= 11 is 7.32. The molecule has 1 rings (SSSR count). The number of alkyl halides is 4. The zero-order chi connectivity index (χ0) is 13.9. The Morgan fingerprint density at radius 3 is 2.61 bits per heavy atom. The van der Waals surface area contributed by atoms with Crippen molar-refractivity contribution in [1.29, 1.82) is 0 Å². The van der Waals surface area contributed by atoms with Gasteiger partial charge in [-0.25, -0.2) is 9.78 Å². The second kappa shape index (κ2) is 5.91. The monoisotopic (exact) mass is 395 g/mol. The summed E-state index contributed by atoms with van der Waals surface area (Å²) < 4.78 is 44.6. The van der Waals surface area contributed by atoms with Crippen molar-refractivity contribution >= 4 is 40.2 Å². The van der Waals surface area contributed by atoms with E-state index >= 15 is 0 Å².